The van der Waals surface area contributed by atoms with Gasteiger partial charge in [0.1, 0.15) is 0 Å². The molecule has 1 aromatic carbocycles. The molecule has 1 spiro atoms. The Labute approximate surface area is 185 Å². The third-order valence-corrected chi connectivity index (χ3v) is 11.1. The van der Waals surface area contributed by atoms with Gasteiger partial charge >= 0.3 is 0 Å². The number of carbonyl (C=O) groups excluding carboxylic acids is 2. The van der Waals surface area contributed by atoms with Crippen molar-refractivity contribution in [3.63, 3.8) is 0 Å². The summed E-state index contributed by atoms with van der Waals surface area (Å²) in [4.78, 5) is 26.0. The van der Waals surface area contributed by atoms with E-state index in [9.17, 15) is 9.59 Å². The average Bonchev–Trinajstić information content (AvgIpc) is 3.32. The molecule has 1 aromatic heterocycles. The van der Waals surface area contributed by atoms with Crippen LogP contribution in [-0.4, -0.2) is 29.6 Å². The van der Waals surface area contributed by atoms with Crippen LogP contribution in [0.4, 0.5) is 0 Å². The predicted octanol–water partition coefficient (Wildman–Crippen LogP) is 5.17. The summed E-state index contributed by atoms with van der Waals surface area (Å²) in [6, 6.07) is 6.77. The van der Waals surface area contributed by atoms with E-state index in [1.165, 1.54) is 9.77 Å². The lowest BCUT2D eigenvalue weighted by molar-refractivity contribution is 0.0848. The minimum Gasteiger partial charge on any atom is -0.267 e. The van der Waals surface area contributed by atoms with Gasteiger partial charge < -0.3 is 0 Å². The minimum atomic E-state index is -0.423. The third kappa shape index (κ3) is 3.69. The first-order valence-electron chi connectivity index (χ1n) is 8.89. The molecule has 1 aliphatic heterocycles. The van der Waals surface area contributed by atoms with E-state index < -0.39 is 5.91 Å². The number of benzene rings is 1. The summed E-state index contributed by atoms with van der Waals surface area (Å²) in [6.07, 6.45) is 5.23. The van der Waals surface area contributed by atoms with Crippen LogP contribution >= 0.6 is 58.2 Å². The first-order valence-corrected chi connectivity index (χ1v) is 13.3. The number of hydrogen-bond acceptors (Lipinski definition) is 6. The highest BCUT2D eigenvalue weighted by molar-refractivity contribution is 8.20. The number of hydrogen-bond donors (Lipinski definition) is 2. The molecule has 1 fully saturated rings. The molecule has 2 aromatic rings. The van der Waals surface area contributed by atoms with E-state index in [0.717, 1.165) is 36.3 Å². The monoisotopic (exact) mass is 470 g/mol. The van der Waals surface area contributed by atoms with E-state index in [0.29, 0.717) is 15.5 Å². The number of rotatable bonds is 3. The van der Waals surface area contributed by atoms with Crippen molar-refractivity contribution in [1.82, 2.24) is 10.9 Å². The molecular formula is C19H19ClN2O2S4. The maximum Gasteiger partial charge on any atom is 0.280 e. The first-order chi connectivity index (χ1) is 13.6. The summed E-state index contributed by atoms with van der Waals surface area (Å²) in [7, 11) is 0. The number of fused-ring (bicyclic) bond motifs is 2. The van der Waals surface area contributed by atoms with Gasteiger partial charge in [-0.1, -0.05) is 23.7 Å². The molecule has 1 aliphatic carbocycles. The maximum absolute atomic E-state index is 12.9. The van der Waals surface area contributed by atoms with Crippen LogP contribution in [0, 0.1) is 0 Å². The van der Waals surface area contributed by atoms with Gasteiger partial charge in [-0.15, -0.1) is 46.6 Å². The van der Waals surface area contributed by atoms with Gasteiger partial charge in [-0.3, -0.25) is 20.4 Å². The Morgan fingerprint density at radius 2 is 1.86 bits per heavy atom. The molecule has 2 heterocycles. The van der Waals surface area contributed by atoms with Crippen LogP contribution in [0.2, 0.25) is 5.02 Å². The van der Waals surface area contributed by atoms with Crippen LogP contribution in [-0.2, 0) is 10.5 Å². The highest BCUT2D eigenvalue weighted by atomic mass is 35.5. The van der Waals surface area contributed by atoms with Crippen molar-refractivity contribution in [2.24, 2.45) is 0 Å². The maximum atomic E-state index is 12.9. The van der Waals surface area contributed by atoms with Crippen molar-refractivity contribution in [3.05, 3.63) is 50.9 Å². The number of hydrazine groups is 1. The standard InChI is InChI=1S/C19H19ClN2O2S4/c1-25-18-14-12(6-4-8-19(14)26-9-10-27-19)15(28-18)17(24)22-21-16(23)11-5-2-3-7-13(11)20/h2-3,5,7H,4,6,8-10H2,1H3,(H,21,23)(H,22,24). The smallest absolute Gasteiger partial charge is 0.267 e. The van der Waals surface area contributed by atoms with Crippen molar-refractivity contribution >= 4 is 70.0 Å². The number of carbonyl (C=O) groups is 2. The molecule has 4 nitrogen and oxygen atoms in total. The zero-order chi connectivity index (χ0) is 19.7. The summed E-state index contributed by atoms with van der Waals surface area (Å²) in [5.74, 6) is 1.63. The number of amides is 2. The zero-order valence-electron chi connectivity index (χ0n) is 15.2. The lowest BCUT2D eigenvalue weighted by Crippen LogP contribution is -2.41. The highest BCUT2D eigenvalue weighted by Crippen LogP contribution is 2.61. The topological polar surface area (TPSA) is 58.2 Å². The van der Waals surface area contributed by atoms with E-state index in [1.807, 2.05) is 23.5 Å². The Bertz CT molecular complexity index is 925. The normalized spacial score (nSPS) is 17.4. The Morgan fingerprint density at radius 1 is 1.14 bits per heavy atom. The van der Waals surface area contributed by atoms with Crippen LogP contribution in [0.3, 0.4) is 0 Å². The molecule has 0 radical (unpaired) electrons. The van der Waals surface area contributed by atoms with Crippen LogP contribution in [0.25, 0.3) is 0 Å². The molecule has 1 saturated heterocycles. The van der Waals surface area contributed by atoms with Crippen LogP contribution in [0.15, 0.2) is 28.5 Å². The zero-order valence-corrected chi connectivity index (χ0v) is 19.2. The van der Waals surface area contributed by atoms with E-state index in [1.54, 1.807) is 47.4 Å². The van der Waals surface area contributed by atoms with Gasteiger partial charge in [-0.2, -0.15) is 0 Å². The van der Waals surface area contributed by atoms with Gasteiger partial charge in [-0.05, 0) is 43.2 Å². The van der Waals surface area contributed by atoms with Gasteiger partial charge in [0.25, 0.3) is 11.8 Å². The minimum absolute atomic E-state index is 0.0990. The third-order valence-electron chi connectivity index (χ3n) is 4.84. The largest absolute Gasteiger partial charge is 0.280 e. The molecule has 0 unspecified atom stereocenters. The average molecular weight is 471 g/mol. The van der Waals surface area contributed by atoms with E-state index in [4.69, 9.17) is 11.6 Å². The van der Waals surface area contributed by atoms with Crippen LogP contribution in [0.5, 0.6) is 0 Å². The first kappa shape index (κ1) is 20.5. The number of nitrogens with one attached hydrogen (secondary N) is 2. The molecule has 0 saturated carbocycles. The summed E-state index contributed by atoms with van der Waals surface area (Å²) < 4.78 is 1.32. The van der Waals surface area contributed by atoms with Crippen LogP contribution in [0.1, 0.15) is 44.0 Å². The van der Waals surface area contributed by atoms with Gasteiger partial charge in [0, 0.05) is 17.1 Å². The second kappa shape index (κ2) is 8.52. The Morgan fingerprint density at radius 3 is 2.57 bits per heavy atom. The summed E-state index contributed by atoms with van der Waals surface area (Å²) >= 11 is 13.4. The van der Waals surface area contributed by atoms with Gasteiger partial charge in [-0.25, -0.2) is 0 Å². The summed E-state index contributed by atoms with van der Waals surface area (Å²) in [6.45, 7) is 0. The highest BCUT2D eigenvalue weighted by Gasteiger charge is 2.45. The Balaban J connectivity index is 1.56. The summed E-state index contributed by atoms with van der Waals surface area (Å²) in [5, 5.41) is 0.352. The Kier molecular flexibility index (Phi) is 6.23. The Hall–Kier alpha value is -0.800. The fourth-order valence-electron chi connectivity index (χ4n) is 3.64. The summed E-state index contributed by atoms with van der Waals surface area (Å²) in [5.41, 5.74) is 7.93. The van der Waals surface area contributed by atoms with E-state index in [-0.39, 0.29) is 9.99 Å². The molecule has 148 valence electrons. The number of thiophene rings is 1. The SMILES string of the molecule is CSc1sc(C(=O)NNC(=O)c2ccccc2Cl)c2c1C1(CCC2)SCCS1. The second-order valence-electron chi connectivity index (χ2n) is 6.47. The lowest BCUT2D eigenvalue weighted by atomic mass is 9.92. The van der Waals surface area contributed by atoms with E-state index >= 15 is 0 Å². The van der Waals surface area contributed by atoms with Gasteiger partial charge in [0.15, 0.2) is 0 Å². The lowest BCUT2D eigenvalue weighted by Gasteiger charge is -2.33. The van der Waals surface area contributed by atoms with Gasteiger partial charge in [0.2, 0.25) is 0 Å². The molecule has 2 amide bonds. The van der Waals surface area contributed by atoms with Crippen LogP contribution < -0.4 is 10.9 Å². The molecule has 0 atom stereocenters. The number of halogens is 1. The van der Waals surface area contributed by atoms with Gasteiger partial charge in [0.05, 0.1) is 23.8 Å². The van der Waals surface area contributed by atoms with Crippen molar-refractivity contribution in [3.8, 4) is 0 Å². The predicted molar refractivity (Wildman–Crippen MR) is 122 cm³/mol. The van der Waals surface area contributed by atoms with Crippen molar-refractivity contribution in [1.29, 1.82) is 0 Å². The van der Waals surface area contributed by atoms with Crippen molar-refractivity contribution < 1.29 is 9.59 Å². The van der Waals surface area contributed by atoms with Crippen molar-refractivity contribution in [2.45, 2.75) is 27.6 Å². The van der Waals surface area contributed by atoms with Crippen molar-refractivity contribution in [2.75, 3.05) is 17.8 Å². The molecular weight excluding hydrogens is 452 g/mol. The molecule has 2 aliphatic rings. The molecule has 28 heavy (non-hydrogen) atoms. The number of thioether (sulfide) groups is 3. The molecule has 2 N–H and O–H groups in total. The van der Waals surface area contributed by atoms with E-state index in [2.05, 4.69) is 17.1 Å². The molecule has 9 heteroatoms. The quantitative estimate of drug-likeness (QED) is 0.478. The molecule has 0 bridgehead atoms. The second-order valence-corrected chi connectivity index (χ2v) is 12.0. The fraction of sp³-hybridized carbons (Fsp3) is 0.368. The fourth-order valence-corrected chi connectivity index (χ4v) is 9.74. The molecule has 4 rings (SSSR count).